The van der Waals surface area contributed by atoms with Gasteiger partial charge in [0.15, 0.2) is 18.1 Å². The van der Waals surface area contributed by atoms with Crippen LogP contribution in [0, 0.1) is 0 Å². The molecule has 8 heteroatoms. The summed E-state index contributed by atoms with van der Waals surface area (Å²) in [6.45, 7) is -0.0163. The maximum atomic E-state index is 12.1. The van der Waals surface area contributed by atoms with Gasteiger partial charge in [-0.25, -0.2) is 4.79 Å². The molecule has 0 unspecified atom stereocenters. The van der Waals surface area contributed by atoms with Gasteiger partial charge in [0.25, 0.3) is 5.91 Å². The Balaban J connectivity index is 1.46. The van der Waals surface area contributed by atoms with Crippen molar-refractivity contribution in [1.82, 2.24) is 5.32 Å². The van der Waals surface area contributed by atoms with Gasteiger partial charge in [-0.15, -0.1) is 0 Å². The first kappa shape index (κ1) is 20.5. The van der Waals surface area contributed by atoms with Crippen molar-refractivity contribution in [2.75, 3.05) is 27.4 Å². The molecule has 0 radical (unpaired) electrons. The molecule has 29 heavy (non-hydrogen) atoms. The summed E-state index contributed by atoms with van der Waals surface area (Å²) in [5.41, 5.74) is 1.49. The van der Waals surface area contributed by atoms with Gasteiger partial charge in [-0.3, -0.25) is 4.79 Å². The van der Waals surface area contributed by atoms with Gasteiger partial charge in [0.1, 0.15) is 5.58 Å². The highest BCUT2D eigenvalue weighted by Gasteiger charge is 2.15. The number of hydrogen-bond donors (Lipinski definition) is 1. The topological polar surface area (TPSA) is 87.0 Å². The van der Waals surface area contributed by atoms with E-state index in [0.717, 1.165) is 5.56 Å². The number of amides is 1. The highest BCUT2D eigenvalue weighted by atomic mass is 35.5. The van der Waals surface area contributed by atoms with E-state index in [4.69, 9.17) is 30.2 Å². The Morgan fingerprint density at radius 3 is 2.59 bits per heavy atom. The van der Waals surface area contributed by atoms with Crippen LogP contribution in [0.2, 0.25) is 5.02 Å². The first-order valence-electron chi connectivity index (χ1n) is 8.84. The molecule has 0 aliphatic rings. The average Bonchev–Trinajstić information content (AvgIpc) is 3.15. The van der Waals surface area contributed by atoms with E-state index in [1.807, 2.05) is 12.1 Å². The van der Waals surface area contributed by atoms with E-state index in [1.54, 1.807) is 38.5 Å². The normalized spacial score (nSPS) is 10.6. The molecule has 2 aromatic carbocycles. The van der Waals surface area contributed by atoms with E-state index in [-0.39, 0.29) is 5.76 Å². The second kappa shape index (κ2) is 9.34. The van der Waals surface area contributed by atoms with Crippen molar-refractivity contribution in [3.63, 3.8) is 0 Å². The third kappa shape index (κ3) is 5.20. The van der Waals surface area contributed by atoms with Crippen LogP contribution in [0.1, 0.15) is 16.1 Å². The minimum atomic E-state index is -0.715. The van der Waals surface area contributed by atoms with Crippen LogP contribution in [-0.4, -0.2) is 39.2 Å². The third-order valence-electron chi connectivity index (χ3n) is 4.20. The maximum Gasteiger partial charge on any atom is 0.374 e. The molecule has 0 spiro atoms. The number of rotatable bonds is 8. The van der Waals surface area contributed by atoms with Crippen molar-refractivity contribution in [3.05, 3.63) is 58.8 Å². The molecule has 0 bridgehead atoms. The minimum Gasteiger partial charge on any atom is -0.493 e. The van der Waals surface area contributed by atoms with Crippen LogP contribution in [0.15, 0.2) is 46.9 Å². The highest BCUT2D eigenvalue weighted by Crippen LogP contribution is 2.27. The lowest BCUT2D eigenvalue weighted by Gasteiger charge is -2.10. The number of carbonyl (C=O) groups excluding carboxylic acids is 2. The van der Waals surface area contributed by atoms with Crippen LogP contribution in [0.5, 0.6) is 11.5 Å². The molecule has 1 heterocycles. The fraction of sp³-hybridized carbons (Fsp3) is 0.238. The first-order valence-corrected chi connectivity index (χ1v) is 9.22. The van der Waals surface area contributed by atoms with Gasteiger partial charge in [0.2, 0.25) is 5.76 Å². The number of hydrogen-bond acceptors (Lipinski definition) is 6. The quantitative estimate of drug-likeness (QED) is 0.563. The van der Waals surface area contributed by atoms with Crippen molar-refractivity contribution in [3.8, 4) is 11.5 Å². The number of fused-ring (bicyclic) bond motifs is 1. The van der Waals surface area contributed by atoms with E-state index in [2.05, 4.69) is 5.32 Å². The summed E-state index contributed by atoms with van der Waals surface area (Å²) in [6, 6.07) is 12.1. The van der Waals surface area contributed by atoms with E-state index in [0.29, 0.717) is 40.5 Å². The van der Waals surface area contributed by atoms with Crippen LogP contribution >= 0.6 is 11.6 Å². The van der Waals surface area contributed by atoms with Gasteiger partial charge in [0.05, 0.1) is 14.2 Å². The Labute approximate surface area is 172 Å². The molecule has 3 rings (SSSR count). The molecule has 0 atom stereocenters. The summed E-state index contributed by atoms with van der Waals surface area (Å²) in [5.74, 6) is 0.156. The fourth-order valence-corrected chi connectivity index (χ4v) is 2.93. The Bertz CT molecular complexity index is 1030. The molecule has 1 N–H and O–H groups in total. The van der Waals surface area contributed by atoms with Gasteiger partial charge >= 0.3 is 5.97 Å². The van der Waals surface area contributed by atoms with Gasteiger partial charge in [-0.1, -0.05) is 17.7 Å². The molecule has 0 saturated carbocycles. The number of esters is 1. The van der Waals surface area contributed by atoms with Crippen LogP contribution < -0.4 is 14.8 Å². The molecule has 1 aromatic heterocycles. The standard InChI is InChI=1S/C21H20ClNO6/c1-26-17-5-3-13(9-18(17)27-2)7-8-23-20(24)12-28-21(25)19-11-14-10-15(22)4-6-16(14)29-19/h3-6,9-11H,7-8,12H2,1-2H3,(H,23,24). The minimum absolute atomic E-state index is 0.0143. The number of carbonyl (C=O) groups is 2. The van der Waals surface area contributed by atoms with E-state index in [1.165, 1.54) is 6.07 Å². The molecule has 0 aliphatic heterocycles. The van der Waals surface area contributed by atoms with Crippen LogP contribution in [0.3, 0.4) is 0 Å². The summed E-state index contributed by atoms with van der Waals surface area (Å²) < 4.78 is 20.9. The highest BCUT2D eigenvalue weighted by molar-refractivity contribution is 6.31. The predicted molar refractivity (Wildman–Crippen MR) is 108 cm³/mol. The number of furan rings is 1. The summed E-state index contributed by atoms with van der Waals surface area (Å²) in [6.07, 6.45) is 0.588. The molecule has 0 saturated heterocycles. The number of ether oxygens (including phenoxy) is 3. The second-order valence-electron chi connectivity index (χ2n) is 6.16. The van der Waals surface area contributed by atoms with Crippen LogP contribution in [0.25, 0.3) is 11.0 Å². The lowest BCUT2D eigenvalue weighted by molar-refractivity contribution is -0.124. The average molecular weight is 418 g/mol. The molecule has 0 fully saturated rings. The third-order valence-corrected chi connectivity index (χ3v) is 4.43. The number of benzene rings is 2. The van der Waals surface area contributed by atoms with Crippen molar-refractivity contribution < 1.29 is 28.2 Å². The van der Waals surface area contributed by atoms with Crippen molar-refractivity contribution >= 4 is 34.4 Å². The lowest BCUT2D eigenvalue weighted by atomic mass is 10.1. The van der Waals surface area contributed by atoms with E-state index >= 15 is 0 Å². The van der Waals surface area contributed by atoms with Crippen LogP contribution in [-0.2, 0) is 16.0 Å². The van der Waals surface area contributed by atoms with Crippen molar-refractivity contribution in [1.29, 1.82) is 0 Å². The Kier molecular flexibility index (Phi) is 6.61. The maximum absolute atomic E-state index is 12.1. The first-order chi connectivity index (χ1) is 14.0. The molecule has 152 valence electrons. The number of halogens is 1. The van der Waals surface area contributed by atoms with Crippen LogP contribution in [0.4, 0.5) is 0 Å². The SMILES string of the molecule is COc1ccc(CCNC(=O)COC(=O)c2cc3cc(Cl)ccc3o2)cc1OC. The summed E-state index contributed by atoms with van der Waals surface area (Å²) in [5, 5.41) is 3.92. The largest absolute Gasteiger partial charge is 0.493 e. The smallest absolute Gasteiger partial charge is 0.374 e. The number of methoxy groups -OCH3 is 2. The predicted octanol–water partition coefficient (Wildman–Crippen LogP) is 3.62. The zero-order chi connectivity index (χ0) is 20.8. The fourth-order valence-electron chi connectivity index (χ4n) is 2.75. The zero-order valence-corrected chi connectivity index (χ0v) is 16.7. The molecule has 3 aromatic rings. The summed E-state index contributed by atoms with van der Waals surface area (Å²) in [4.78, 5) is 24.0. The summed E-state index contributed by atoms with van der Waals surface area (Å²) in [7, 11) is 3.13. The summed E-state index contributed by atoms with van der Waals surface area (Å²) >= 11 is 5.91. The monoisotopic (exact) mass is 417 g/mol. The van der Waals surface area contributed by atoms with Gasteiger partial charge < -0.3 is 23.9 Å². The molecular weight excluding hydrogens is 398 g/mol. The molecule has 1 amide bonds. The van der Waals surface area contributed by atoms with E-state index < -0.39 is 18.5 Å². The van der Waals surface area contributed by atoms with E-state index in [9.17, 15) is 9.59 Å². The molecular formula is C21H20ClNO6. The van der Waals surface area contributed by atoms with Gasteiger partial charge in [-0.05, 0) is 48.4 Å². The number of nitrogens with one attached hydrogen (secondary N) is 1. The Morgan fingerprint density at radius 1 is 1.03 bits per heavy atom. The Hall–Kier alpha value is -3.19. The van der Waals surface area contributed by atoms with Gasteiger partial charge in [-0.2, -0.15) is 0 Å². The Morgan fingerprint density at radius 2 is 1.83 bits per heavy atom. The second-order valence-corrected chi connectivity index (χ2v) is 6.59. The lowest BCUT2D eigenvalue weighted by Crippen LogP contribution is -2.30. The van der Waals surface area contributed by atoms with Crippen molar-refractivity contribution in [2.24, 2.45) is 0 Å². The van der Waals surface area contributed by atoms with Crippen molar-refractivity contribution in [2.45, 2.75) is 6.42 Å². The molecule has 0 aliphatic carbocycles. The zero-order valence-electron chi connectivity index (χ0n) is 16.0. The molecule has 7 nitrogen and oxygen atoms in total. The van der Waals surface area contributed by atoms with Gasteiger partial charge in [0, 0.05) is 17.0 Å².